The normalized spacial score (nSPS) is 10.7. The molecule has 4 nitrogen and oxygen atoms in total. The van der Waals surface area contributed by atoms with Gasteiger partial charge in [-0.1, -0.05) is 56.3 Å². The van der Waals surface area contributed by atoms with Crippen LogP contribution >= 0.6 is 0 Å². The Morgan fingerprint density at radius 3 is 2.36 bits per heavy atom. The summed E-state index contributed by atoms with van der Waals surface area (Å²) in [5.41, 5.74) is 4.78. The fraction of sp³-hybridized carbons (Fsp3) is 0.250. The van der Waals surface area contributed by atoms with Crippen LogP contribution in [0.4, 0.5) is 11.4 Å². The summed E-state index contributed by atoms with van der Waals surface area (Å²) in [4.78, 5) is 19.1. The van der Waals surface area contributed by atoms with Crippen molar-refractivity contribution in [2.75, 3.05) is 11.9 Å². The van der Waals surface area contributed by atoms with Gasteiger partial charge in [-0.2, -0.15) is 0 Å². The number of pyridine rings is 1. The Balaban J connectivity index is 1.73. The number of carbonyl (C=O) groups excluding carboxylic acids is 1. The molecule has 0 aliphatic rings. The number of carbonyl (C=O) groups is 1. The lowest BCUT2D eigenvalue weighted by Crippen LogP contribution is -2.30. The van der Waals surface area contributed by atoms with E-state index < -0.39 is 0 Å². The summed E-state index contributed by atoms with van der Waals surface area (Å²) in [5.74, 6) is 0.485. The Morgan fingerprint density at radius 2 is 1.71 bits per heavy atom. The van der Waals surface area contributed by atoms with Crippen molar-refractivity contribution in [2.24, 2.45) is 0 Å². The van der Waals surface area contributed by atoms with Gasteiger partial charge in [0.05, 0.1) is 17.4 Å². The second-order valence-electron chi connectivity index (χ2n) is 7.17. The van der Waals surface area contributed by atoms with Crippen LogP contribution in [0, 0.1) is 0 Å². The highest BCUT2D eigenvalue weighted by Crippen LogP contribution is 2.21. The number of rotatable bonds is 7. The van der Waals surface area contributed by atoms with Crippen LogP contribution in [0.2, 0.25) is 0 Å². The molecule has 144 valence electrons. The number of nitrogens with zero attached hydrogens (tertiary/aromatic N) is 2. The molecule has 0 bridgehead atoms. The van der Waals surface area contributed by atoms with E-state index >= 15 is 0 Å². The molecule has 1 amide bonds. The topological polar surface area (TPSA) is 45.2 Å². The first-order chi connectivity index (χ1) is 13.6. The third kappa shape index (κ3) is 4.97. The third-order valence-electron chi connectivity index (χ3n) is 4.74. The van der Waals surface area contributed by atoms with Crippen LogP contribution in [0.5, 0.6) is 0 Å². The van der Waals surface area contributed by atoms with Gasteiger partial charge in [0, 0.05) is 25.0 Å². The number of nitrogens with one attached hydrogen (secondary N) is 1. The molecule has 0 atom stereocenters. The molecule has 0 radical (unpaired) electrons. The van der Waals surface area contributed by atoms with Crippen molar-refractivity contribution >= 4 is 17.3 Å². The smallest absolute Gasteiger partial charge is 0.255 e. The van der Waals surface area contributed by atoms with E-state index in [1.165, 1.54) is 5.56 Å². The maximum Gasteiger partial charge on any atom is 0.255 e. The molecule has 2 aromatic carbocycles. The molecular formula is C24H27N3O. The fourth-order valence-electron chi connectivity index (χ4n) is 3.06. The molecule has 4 heteroatoms. The molecule has 1 N–H and O–H groups in total. The minimum Gasteiger partial charge on any atom is -0.354 e. The molecule has 1 aromatic heterocycles. The van der Waals surface area contributed by atoms with E-state index in [1.54, 1.807) is 12.4 Å². The van der Waals surface area contributed by atoms with Gasteiger partial charge in [0.2, 0.25) is 0 Å². The molecule has 1 heterocycles. The second kappa shape index (κ2) is 9.18. The quantitative estimate of drug-likeness (QED) is 0.585. The molecule has 0 saturated carbocycles. The monoisotopic (exact) mass is 373 g/mol. The lowest BCUT2D eigenvalue weighted by Gasteiger charge is -2.21. The summed E-state index contributed by atoms with van der Waals surface area (Å²) < 4.78 is 0. The lowest BCUT2D eigenvalue weighted by molar-refractivity contribution is 0.0752. The van der Waals surface area contributed by atoms with E-state index in [0.717, 1.165) is 16.9 Å². The van der Waals surface area contributed by atoms with Crippen molar-refractivity contribution in [3.8, 4) is 0 Å². The van der Waals surface area contributed by atoms with E-state index in [4.69, 9.17) is 0 Å². The molecule has 3 rings (SSSR count). The highest BCUT2D eigenvalue weighted by molar-refractivity contribution is 5.94. The number of hydrogen-bond donors (Lipinski definition) is 1. The Hall–Kier alpha value is -3.14. The molecule has 0 unspecified atom stereocenters. The number of anilines is 2. The van der Waals surface area contributed by atoms with Crippen LogP contribution in [0.15, 0.2) is 73.1 Å². The minimum absolute atomic E-state index is 0.0161. The van der Waals surface area contributed by atoms with Crippen LogP contribution in [0.3, 0.4) is 0 Å². The second-order valence-corrected chi connectivity index (χ2v) is 7.17. The minimum atomic E-state index is -0.0161. The number of amides is 1. The number of aromatic nitrogens is 1. The zero-order chi connectivity index (χ0) is 19.9. The van der Waals surface area contributed by atoms with Gasteiger partial charge in [-0.05, 0) is 42.2 Å². The van der Waals surface area contributed by atoms with Crippen LogP contribution in [0.25, 0.3) is 0 Å². The van der Waals surface area contributed by atoms with Gasteiger partial charge in [-0.15, -0.1) is 0 Å². The van der Waals surface area contributed by atoms with Crippen LogP contribution in [-0.2, 0) is 6.54 Å². The Labute approximate surface area is 167 Å². The van der Waals surface area contributed by atoms with Gasteiger partial charge in [0.1, 0.15) is 0 Å². The Bertz CT molecular complexity index is 905. The van der Waals surface area contributed by atoms with E-state index in [9.17, 15) is 4.79 Å². The first-order valence-electron chi connectivity index (χ1n) is 9.72. The lowest BCUT2D eigenvalue weighted by atomic mass is 10.0. The van der Waals surface area contributed by atoms with Crippen LogP contribution < -0.4 is 5.32 Å². The van der Waals surface area contributed by atoms with E-state index in [1.807, 2.05) is 48.2 Å². The van der Waals surface area contributed by atoms with Gasteiger partial charge in [-0.25, -0.2) is 0 Å². The number of hydrogen-bond acceptors (Lipinski definition) is 3. The molecule has 0 spiro atoms. The van der Waals surface area contributed by atoms with E-state index in [2.05, 4.69) is 48.4 Å². The van der Waals surface area contributed by atoms with Gasteiger partial charge in [0.15, 0.2) is 0 Å². The van der Waals surface area contributed by atoms with Gasteiger partial charge in [0.25, 0.3) is 5.91 Å². The summed E-state index contributed by atoms with van der Waals surface area (Å²) in [6.45, 7) is 7.58. The molecule has 0 saturated heterocycles. The first-order valence-corrected chi connectivity index (χ1v) is 9.72. The standard InChI is InChI=1S/C24H27N3O/c1-4-27(17-19-8-6-5-7-9-19)24(28)21-14-23(16-25-15-21)26-22-12-10-20(11-13-22)18(2)3/h5-16,18,26H,4,17H2,1-3H3. The van der Waals surface area contributed by atoms with Gasteiger partial charge < -0.3 is 10.2 Å². The average Bonchev–Trinajstić information content (AvgIpc) is 2.73. The van der Waals surface area contributed by atoms with E-state index in [-0.39, 0.29) is 5.91 Å². The Morgan fingerprint density at radius 1 is 1.00 bits per heavy atom. The molecule has 0 aliphatic carbocycles. The SMILES string of the molecule is CCN(Cc1ccccc1)C(=O)c1cncc(Nc2ccc(C(C)C)cc2)c1. The van der Waals surface area contributed by atoms with Gasteiger partial charge >= 0.3 is 0 Å². The van der Waals surface area contributed by atoms with Crippen molar-refractivity contribution in [2.45, 2.75) is 33.2 Å². The molecule has 0 fully saturated rings. The highest BCUT2D eigenvalue weighted by atomic mass is 16.2. The zero-order valence-corrected chi connectivity index (χ0v) is 16.7. The van der Waals surface area contributed by atoms with Crippen molar-refractivity contribution in [1.82, 2.24) is 9.88 Å². The largest absolute Gasteiger partial charge is 0.354 e. The van der Waals surface area contributed by atoms with Crippen LogP contribution in [-0.4, -0.2) is 22.3 Å². The summed E-state index contributed by atoms with van der Waals surface area (Å²) in [6, 6.07) is 20.2. The van der Waals surface area contributed by atoms with E-state index in [0.29, 0.717) is 24.6 Å². The molecule has 3 aromatic rings. The van der Waals surface area contributed by atoms with Crippen molar-refractivity contribution in [3.63, 3.8) is 0 Å². The molecule has 28 heavy (non-hydrogen) atoms. The predicted molar refractivity (Wildman–Crippen MR) is 115 cm³/mol. The van der Waals surface area contributed by atoms with Crippen molar-refractivity contribution in [3.05, 3.63) is 89.7 Å². The summed E-state index contributed by atoms with van der Waals surface area (Å²) in [6.07, 6.45) is 3.36. The fourth-order valence-corrected chi connectivity index (χ4v) is 3.06. The maximum atomic E-state index is 13.0. The molecular weight excluding hydrogens is 346 g/mol. The van der Waals surface area contributed by atoms with Crippen LogP contribution in [0.1, 0.15) is 48.2 Å². The summed E-state index contributed by atoms with van der Waals surface area (Å²) >= 11 is 0. The summed E-state index contributed by atoms with van der Waals surface area (Å²) in [7, 11) is 0. The number of benzene rings is 2. The maximum absolute atomic E-state index is 13.0. The highest BCUT2D eigenvalue weighted by Gasteiger charge is 2.15. The Kier molecular flexibility index (Phi) is 6.43. The van der Waals surface area contributed by atoms with Crippen molar-refractivity contribution in [1.29, 1.82) is 0 Å². The predicted octanol–water partition coefficient (Wildman–Crippen LogP) is 5.61. The molecule has 0 aliphatic heterocycles. The summed E-state index contributed by atoms with van der Waals surface area (Å²) in [5, 5.41) is 3.34. The third-order valence-corrected chi connectivity index (χ3v) is 4.74. The first kappa shape index (κ1) is 19.6. The van der Waals surface area contributed by atoms with Crippen molar-refractivity contribution < 1.29 is 4.79 Å². The van der Waals surface area contributed by atoms with Gasteiger partial charge in [-0.3, -0.25) is 9.78 Å². The zero-order valence-electron chi connectivity index (χ0n) is 16.7. The average molecular weight is 374 g/mol.